The van der Waals surface area contributed by atoms with E-state index in [1.54, 1.807) is 6.08 Å². The number of piperazine rings is 1. The highest BCUT2D eigenvalue weighted by Crippen LogP contribution is 2.31. The molecule has 2 aliphatic heterocycles. The van der Waals surface area contributed by atoms with Crippen molar-refractivity contribution in [2.75, 3.05) is 46.4 Å². The van der Waals surface area contributed by atoms with E-state index in [4.69, 9.17) is 9.73 Å². The maximum absolute atomic E-state index is 14.4. The molecule has 5 atom stereocenters. The number of aryl methyl sites for hydroxylation is 2. The van der Waals surface area contributed by atoms with Gasteiger partial charge in [0, 0.05) is 70.0 Å². The highest BCUT2D eigenvalue weighted by Gasteiger charge is 2.35. The summed E-state index contributed by atoms with van der Waals surface area (Å²) in [5, 5.41) is 3.56. The average molecular weight is 635 g/mol. The number of likely N-dealkylation sites (N-methyl/N-ethyl adjacent to an activating group) is 1. The standard InChI is InChI=1S/C38H62N6O2/c1-11-20-44-36(17-15-16-28(6)33(37(44)45)26-32-29(7)19-18-27(5)31(32)9)41-38(39-13-3)40-30(8)25-35(46-14-4)34(12-2)43-23-21-42(10)22-24-43/h11,13,18-19,28,30,33-35H,1,3,12,14-17,20-26H2,2,4-10H3,(H,39,40)/b41-36+. The summed E-state index contributed by atoms with van der Waals surface area (Å²) >= 11 is 0. The van der Waals surface area contributed by atoms with Crippen LogP contribution < -0.4 is 5.32 Å². The summed E-state index contributed by atoms with van der Waals surface area (Å²) in [6, 6.07) is 4.76. The first-order valence-electron chi connectivity index (χ1n) is 17.6. The number of guanidine groups is 1. The maximum Gasteiger partial charge on any atom is 0.231 e. The van der Waals surface area contributed by atoms with Crippen LogP contribution in [0.3, 0.4) is 0 Å². The molecule has 2 heterocycles. The molecule has 0 spiro atoms. The molecule has 5 unspecified atom stereocenters. The Morgan fingerprint density at radius 2 is 1.83 bits per heavy atom. The number of nitrogens with zero attached hydrogens (tertiary/aromatic N) is 5. The fourth-order valence-electron chi connectivity index (χ4n) is 7.16. The Balaban J connectivity index is 1.84. The van der Waals surface area contributed by atoms with E-state index < -0.39 is 0 Å². The lowest BCUT2D eigenvalue weighted by molar-refractivity contribution is -0.133. The van der Waals surface area contributed by atoms with Gasteiger partial charge in [-0.1, -0.05) is 38.6 Å². The van der Waals surface area contributed by atoms with Gasteiger partial charge >= 0.3 is 0 Å². The van der Waals surface area contributed by atoms with E-state index in [0.717, 1.165) is 64.1 Å². The number of amides is 1. The van der Waals surface area contributed by atoms with E-state index >= 15 is 0 Å². The predicted octanol–water partition coefficient (Wildman–Crippen LogP) is 6.30. The van der Waals surface area contributed by atoms with Crippen LogP contribution in [-0.4, -0.2) is 97.0 Å². The average Bonchev–Trinajstić information content (AvgIpc) is 3.02. The number of benzene rings is 1. The summed E-state index contributed by atoms with van der Waals surface area (Å²) < 4.78 is 6.37. The molecular weight excluding hydrogens is 572 g/mol. The second kappa shape index (κ2) is 18.5. The van der Waals surface area contributed by atoms with E-state index in [9.17, 15) is 4.79 Å². The highest BCUT2D eigenvalue weighted by atomic mass is 16.5. The van der Waals surface area contributed by atoms with Gasteiger partial charge in [0.15, 0.2) is 0 Å². The number of nitrogens with one attached hydrogen (secondary N) is 1. The summed E-state index contributed by atoms with van der Waals surface area (Å²) in [6.45, 7) is 28.5. The molecule has 2 fully saturated rings. The van der Waals surface area contributed by atoms with Crippen molar-refractivity contribution >= 4 is 17.7 Å². The molecule has 46 heavy (non-hydrogen) atoms. The Morgan fingerprint density at radius 3 is 2.46 bits per heavy atom. The monoisotopic (exact) mass is 634 g/mol. The molecule has 1 amide bonds. The zero-order valence-corrected chi connectivity index (χ0v) is 30.1. The summed E-state index contributed by atoms with van der Waals surface area (Å²) in [7, 11) is 2.19. The van der Waals surface area contributed by atoms with Crippen LogP contribution in [0, 0.1) is 32.6 Å². The Morgan fingerprint density at radius 1 is 1.13 bits per heavy atom. The molecule has 1 aromatic carbocycles. The number of amidine groups is 1. The molecule has 1 aromatic rings. The number of ether oxygens (including phenoxy) is 1. The van der Waals surface area contributed by atoms with Crippen LogP contribution >= 0.6 is 0 Å². The van der Waals surface area contributed by atoms with Crippen molar-refractivity contribution in [3.05, 3.63) is 59.8 Å². The minimum atomic E-state index is -0.135. The lowest BCUT2D eigenvalue weighted by atomic mass is 9.80. The lowest BCUT2D eigenvalue weighted by Crippen LogP contribution is -2.54. The minimum Gasteiger partial charge on any atom is -0.377 e. The molecule has 0 saturated carbocycles. The van der Waals surface area contributed by atoms with Crippen LogP contribution in [0.5, 0.6) is 0 Å². The largest absolute Gasteiger partial charge is 0.377 e. The molecule has 1 N–H and O–H groups in total. The molecule has 256 valence electrons. The Hall–Kier alpha value is -2.81. The number of hydrogen-bond donors (Lipinski definition) is 1. The third kappa shape index (κ3) is 10.1. The van der Waals surface area contributed by atoms with E-state index in [0.29, 0.717) is 31.6 Å². The van der Waals surface area contributed by atoms with E-state index in [2.05, 4.69) is 101 Å². The van der Waals surface area contributed by atoms with Crippen molar-refractivity contribution in [3.63, 3.8) is 0 Å². The molecule has 0 bridgehead atoms. The van der Waals surface area contributed by atoms with Gasteiger partial charge in [0.05, 0.1) is 6.10 Å². The van der Waals surface area contributed by atoms with Crippen molar-refractivity contribution in [1.82, 2.24) is 20.0 Å². The maximum atomic E-state index is 14.4. The lowest BCUT2D eigenvalue weighted by Gasteiger charge is -2.41. The molecule has 0 aliphatic carbocycles. The van der Waals surface area contributed by atoms with Crippen LogP contribution in [0.25, 0.3) is 0 Å². The number of likely N-dealkylation sites (tertiary alicyclic amines) is 1. The SMILES string of the molecule is C=CCN1C(=O)C(Cc2c(C)ccc(C)c2C)C(C)CCC/C1=N\C(=N/C=C)NC(C)CC(OCC)C(CC)N1CCN(C)CC1. The molecule has 8 nitrogen and oxygen atoms in total. The summed E-state index contributed by atoms with van der Waals surface area (Å²) in [5.41, 5.74) is 5.09. The third-order valence-electron chi connectivity index (χ3n) is 10.1. The van der Waals surface area contributed by atoms with Gasteiger partial charge in [0.2, 0.25) is 11.9 Å². The van der Waals surface area contributed by atoms with E-state index in [-0.39, 0.29) is 29.9 Å². The Labute approximate surface area is 280 Å². The van der Waals surface area contributed by atoms with Gasteiger partial charge in [-0.2, -0.15) is 4.99 Å². The van der Waals surface area contributed by atoms with Crippen LogP contribution in [0.4, 0.5) is 0 Å². The van der Waals surface area contributed by atoms with Crippen LogP contribution in [0.1, 0.15) is 82.1 Å². The zero-order valence-electron chi connectivity index (χ0n) is 30.1. The van der Waals surface area contributed by atoms with Crippen molar-refractivity contribution < 1.29 is 9.53 Å². The first-order chi connectivity index (χ1) is 22.0. The van der Waals surface area contributed by atoms with Crippen molar-refractivity contribution in [2.45, 2.75) is 105 Å². The first-order valence-corrected chi connectivity index (χ1v) is 17.6. The molecule has 3 rings (SSSR count). The second-order valence-electron chi connectivity index (χ2n) is 13.5. The number of rotatable bonds is 13. The van der Waals surface area contributed by atoms with Crippen LogP contribution in [-0.2, 0) is 16.0 Å². The van der Waals surface area contributed by atoms with Gasteiger partial charge in [0.25, 0.3) is 0 Å². The smallest absolute Gasteiger partial charge is 0.231 e. The van der Waals surface area contributed by atoms with Gasteiger partial charge in [-0.05, 0) is 102 Å². The summed E-state index contributed by atoms with van der Waals surface area (Å²) in [5.74, 6) is 1.47. The highest BCUT2D eigenvalue weighted by molar-refractivity contribution is 6.05. The quantitative estimate of drug-likeness (QED) is 0.157. The molecule has 2 aliphatic rings. The van der Waals surface area contributed by atoms with Crippen LogP contribution in [0.15, 0.2) is 47.6 Å². The Bertz CT molecular complexity index is 1220. The predicted molar refractivity (Wildman–Crippen MR) is 194 cm³/mol. The molecule has 0 radical (unpaired) electrons. The normalized spacial score (nSPS) is 23.5. The fourth-order valence-corrected chi connectivity index (χ4v) is 7.16. The summed E-state index contributed by atoms with van der Waals surface area (Å²) in [4.78, 5) is 30.8. The molecule has 8 heteroatoms. The molecular formula is C38H62N6O2. The van der Waals surface area contributed by atoms with Crippen molar-refractivity contribution in [3.8, 4) is 0 Å². The number of carbonyl (C=O) groups excluding carboxylic acids is 1. The fraction of sp³-hybridized carbons (Fsp3) is 0.658. The minimum absolute atomic E-state index is 0.0540. The van der Waals surface area contributed by atoms with Crippen molar-refractivity contribution in [2.24, 2.45) is 21.8 Å². The van der Waals surface area contributed by atoms with E-state index in [1.807, 2.05) is 4.90 Å². The van der Waals surface area contributed by atoms with Crippen molar-refractivity contribution in [1.29, 1.82) is 0 Å². The van der Waals surface area contributed by atoms with Gasteiger partial charge in [-0.15, -0.1) is 6.58 Å². The van der Waals surface area contributed by atoms with Gasteiger partial charge in [0.1, 0.15) is 5.84 Å². The topological polar surface area (TPSA) is 72.8 Å². The molecule has 2 saturated heterocycles. The van der Waals surface area contributed by atoms with Gasteiger partial charge < -0.3 is 15.0 Å². The van der Waals surface area contributed by atoms with Gasteiger partial charge in [-0.25, -0.2) is 4.99 Å². The molecule has 0 aromatic heterocycles. The number of hydrogen-bond acceptors (Lipinski definition) is 5. The third-order valence-corrected chi connectivity index (χ3v) is 10.1. The van der Waals surface area contributed by atoms with Crippen LogP contribution in [0.2, 0.25) is 0 Å². The second-order valence-corrected chi connectivity index (χ2v) is 13.5. The zero-order chi connectivity index (χ0) is 33.8. The first kappa shape index (κ1) is 37.6. The van der Waals surface area contributed by atoms with E-state index in [1.165, 1.54) is 28.5 Å². The Kier molecular flexibility index (Phi) is 15.1. The number of carbonyl (C=O) groups is 1. The van der Waals surface area contributed by atoms with Gasteiger partial charge in [-0.3, -0.25) is 14.6 Å². The summed E-state index contributed by atoms with van der Waals surface area (Å²) in [6.07, 6.45) is 8.64. The number of aliphatic imine (C=N–C) groups is 2.